The minimum atomic E-state index is 0.480. The van der Waals surface area contributed by atoms with Crippen LogP contribution in [-0.2, 0) is 13.1 Å². The third kappa shape index (κ3) is 3.46. The molecule has 0 spiro atoms. The highest BCUT2D eigenvalue weighted by molar-refractivity contribution is 5.10. The number of rotatable bonds is 2. The number of nitrogens with two attached hydrogens (primary N) is 2. The van der Waals surface area contributed by atoms with Crippen LogP contribution in [0.25, 0.3) is 0 Å². The second-order valence-electron chi connectivity index (χ2n) is 2.03. The zero-order chi connectivity index (χ0) is 9.40. The van der Waals surface area contributed by atoms with Crippen LogP contribution < -0.4 is 11.5 Å². The number of hydrogen-bond donors (Lipinski definition) is 2. The van der Waals surface area contributed by atoms with Crippen LogP contribution >= 0.6 is 0 Å². The molecule has 0 fully saturated rings. The molecule has 0 aliphatic carbocycles. The van der Waals surface area contributed by atoms with E-state index in [4.69, 9.17) is 11.5 Å². The molecule has 0 aliphatic heterocycles. The summed E-state index contributed by atoms with van der Waals surface area (Å²) in [6.07, 6.45) is 0. The van der Waals surface area contributed by atoms with E-state index in [0.717, 1.165) is 11.4 Å². The smallest absolute Gasteiger partial charge is 0.0543 e. The van der Waals surface area contributed by atoms with E-state index >= 15 is 0 Å². The fourth-order valence-electron chi connectivity index (χ4n) is 0.757. The van der Waals surface area contributed by atoms with Crippen LogP contribution in [0.4, 0.5) is 0 Å². The van der Waals surface area contributed by atoms with Crippen molar-refractivity contribution in [2.45, 2.75) is 26.9 Å². The van der Waals surface area contributed by atoms with Gasteiger partial charge in [-0.3, -0.25) is 4.98 Å². The molecule has 0 atom stereocenters. The zero-order valence-electron chi connectivity index (χ0n) is 7.75. The third-order valence-electron chi connectivity index (χ3n) is 1.28. The van der Waals surface area contributed by atoms with Crippen molar-refractivity contribution in [1.82, 2.24) is 4.98 Å². The van der Waals surface area contributed by atoms with Crippen LogP contribution in [0, 0.1) is 0 Å². The maximum Gasteiger partial charge on any atom is 0.0543 e. The lowest BCUT2D eigenvalue weighted by atomic mass is 10.3. The fourth-order valence-corrected chi connectivity index (χ4v) is 0.757. The van der Waals surface area contributed by atoms with Crippen LogP contribution in [0.15, 0.2) is 18.2 Å². The Labute approximate surface area is 73.8 Å². The molecular formula is C9H17N3. The summed E-state index contributed by atoms with van der Waals surface area (Å²) in [5.74, 6) is 0. The van der Waals surface area contributed by atoms with Gasteiger partial charge in [0, 0.05) is 13.1 Å². The van der Waals surface area contributed by atoms with Crippen LogP contribution in [-0.4, -0.2) is 4.98 Å². The van der Waals surface area contributed by atoms with Gasteiger partial charge in [0.05, 0.1) is 11.4 Å². The average molecular weight is 167 g/mol. The Morgan fingerprint density at radius 1 is 1.08 bits per heavy atom. The molecule has 1 aromatic rings. The van der Waals surface area contributed by atoms with Crippen molar-refractivity contribution in [3.63, 3.8) is 0 Å². The van der Waals surface area contributed by atoms with Crippen molar-refractivity contribution in [3.05, 3.63) is 29.6 Å². The van der Waals surface area contributed by atoms with Crippen LogP contribution in [0.3, 0.4) is 0 Å². The number of aromatic nitrogens is 1. The third-order valence-corrected chi connectivity index (χ3v) is 1.28. The van der Waals surface area contributed by atoms with Gasteiger partial charge < -0.3 is 11.5 Å². The second kappa shape index (κ2) is 6.76. The molecular weight excluding hydrogens is 150 g/mol. The fraction of sp³-hybridized carbons (Fsp3) is 0.444. The zero-order valence-corrected chi connectivity index (χ0v) is 7.75. The molecule has 0 bridgehead atoms. The van der Waals surface area contributed by atoms with Gasteiger partial charge in [0.1, 0.15) is 0 Å². The molecule has 3 heteroatoms. The normalized spacial score (nSPS) is 8.67. The van der Waals surface area contributed by atoms with E-state index in [2.05, 4.69) is 4.98 Å². The van der Waals surface area contributed by atoms with E-state index in [9.17, 15) is 0 Å². The van der Waals surface area contributed by atoms with E-state index in [1.807, 2.05) is 32.0 Å². The molecule has 0 aliphatic rings. The second-order valence-corrected chi connectivity index (χ2v) is 2.03. The summed E-state index contributed by atoms with van der Waals surface area (Å²) in [5, 5.41) is 0. The van der Waals surface area contributed by atoms with Crippen LogP contribution in [0.1, 0.15) is 25.2 Å². The van der Waals surface area contributed by atoms with Crippen LogP contribution in [0.2, 0.25) is 0 Å². The molecule has 12 heavy (non-hydrogen) atoms. The summed E-state index contributed by atoms with van der Waals surface area (Å²) < 4.78 is 0. The Morgan fingerprint density at radius 3 is 1.83 bits per heavy atom. The Kier molecular flexibility index (Phi) is 6.24. The summed E-state index contributed by atoms with van der Waals surface area (Å²) in [4.78, 5) is 4.16. The van der Waals surface area contributed by atoms with Crippen molar-refractivity contribution < 1.29 is 0 Å². The summed E-state index contributed by atoms with van der Waals surface area (Å²) in [5.41, 5.74) is 12.5. The standard InChI is InChI=1S/C7H11N3.C2H6/c8-4-6-2-1-3-7(5-9)10-6;1-2/h1-3H,4-5,8-9H2;1-2H3. The Balaban J connectivity index is 0.000000561. The molecule has 0 saturated carbocycles. The molecule has 3 nitrogen and oxygen atoms in total. The van der Waals surface area contributed by atoms with Crippen molar-refractivity contribution in [3.8, 4) is 0 Å². The van der Waals surface area contributed by atoms with E-state index < -0.39 is 0 Å². The van der Waals surface area contributed by atoms with Gasteiger partial charge in [0.2, 0.25) is 0 Å². The quantitative estimate of drug-likeness (QED) is 0.691. The summed E-state index contributed by atoms with van der Waals surface area (Å²) >= 11 is 0. The topological polar surface area (TPSA) is 64.9 Å². The van der Waals surface area contributed by atoms with Gasteiger partial charge in [0.15, 0.2) is 0 Å². The highest BCUT2D eigenvalue weighted by Gasteiger charge is 1.91. The lowest BCUT2D eigenvalue weighted by Crippen LogP contribution is -2.04. The van der Waals surface area contributed by atoms with Crippen molar-refractivity contribution in [2.24, 2.45) is 11.5 Å². The number of pyridine rings is 1. The average Bonchev–Trinajstić information content (AvgIpc) is 2.21. The first-order chi connectivity index (χ1) is 5.86. The van der Waals surface area contributed by atoms with Gasteiger partial charge in [-0.25, -0.2) is 0 Å². The first kappa shape index (κ1) is 11.1. The molecule has 68 valence electrons. The lowest BCUT2D eigenvalue weighted by Gasteiger charge is -1.97. The Bertz CT molecular complexity index is 191. The van der Waals surface area contributed by atoms with Crippen LogP contribution in [0.5, 0.6) is 0 Å². The molecule has 0 saturated heterocycles. The van der Waals surface area contributed by atoms with Crippen molar-refractivity contribution in [2.75, 3.05) is 0 Å². The molecule has 1 heterocycles. The predicted molar refractivity (Wildman–Crippen MR) is 51.4 cm³/mol. The van der Waals surface area contributed by atoms with Gasteiger partial charge in [-0.1, -0.05) is 19.9 Å². The SMILES string of the molecule is CC.NCc1cccc(CN)n1. The van der Waals surface area contributed by atoms with E-state index in [0.29, 0.717) is 13.1 Å². The summed E-state index contributed by atoms with van der Waals surface area (Å²) in [6.45, 7) is 4.96. The lowest BCUT2D eigenvalue weighted by molar-refractivity contribution is 0.916. The van der Waals surface area contributed by atoms with Crippen molar-refractivity contribution >= 4 is 0 Å². The van der Waals surface area contributed by atoms with Gasteiger partial charge in [-0.05, 0) is 12.1 Å². The predicted octanol–water partition coefficient (Wildman–Crippen LogP) is 1.03. The molecule has 0 amide bonds. The van der Waals surface area contributed by atoms with Gasteiger partial charge in [0.25, 0.3) is 0 Å². The van der Waals surface area contributed by atoms with Gasteiger partial charge in [-0.15, -0.1) is 0 Å². The molecule has 1 aromatic heterocycles. The monoisotopic (exact) mass is 167 g/mol. The minimum Gasteiger partial charge on any atom is -0.325 e. The maximum absolute atomic E-state index is 5.37. The maximum atomic E-state index is 5.37. The molecule has 0 unspecified atom stereocenters. The van der Waals surface area contributed by atoms with Gasteiger partial charge >= 0.3 is 0 Å². The number of nitrogens with zero attached hydrogens (tertiary/aromatic N) is 1. The van der Waals surface area contributed by atoms with E-state index in [1.54, 1.807) is 0 Å². The molecule has 0 aromatic carbocycles. The first-order valence-corrected chi connectivity index (χ1v) is 4.21. The Hall–Kier alpha value is -0.930. The molecule has 0 radical (unpaired) electrons. The van der Waals surface area contributed by atoms with Gasteiger partial charge in [-0.2, -0.15) is 0 Å². The highest BCUT2D eigenvalue weighted by atomic mass is 14.8. The minimum absolute atomic E-state index is 0.480. The Morgan fingerprint density at radius 2 is 1.50 bits per heavy atom. The molecule has 1 rings (SSSR count). The largest absolute Gasteiger partial charge is 0.325 e. The highest BCUT2D eigenvalue weighted by Crippen LogP contribution is 1.96. The van der Waals surface area contributed by atoms with E-state index in [1.165, 1.54) is 0 Å². The molecule has 4 N–H and O–H groups in total. The van der Waals surface area contributed by atoms with Crippen molar-refractivity contribution in [1.29, 1.82) is 0 Å². The van der Waals surface area contributed by atoms with E-state index in [-0.39, 0.29) is 0 Å². The summed E-state index contributed by atoms with van der Waals surface area (Å²) in [6, 6.07) is 5.69. The number of hydrogen-bond acceptors (Lipinski definition) is 3. The summed E-state index contributed by atoms with van der Waals surface area (Å²) in [7, 11) is 0. The first-order valence-electron chi connectivity index (χ1n) is 4.21.